The summed E-state index contributed by atoms with van der Waals surface area (Å²) in [7, 11) is 0. The van der Waals surface area contributed by atoms with Gasteiger partial charge in [-0.25, -0.2) is 4.79 Å². The second-order valence-corrected chi connectivity index (χ2v) is 9.45. The lowest BCUT2D eigenvalue weighted by Crippen LogP contribution is -2.52. The Hall–Kier alpha value is -2.57. The summed E-state index contributed by atoms with van der Waals surface area (Å²) < 4.78 is 5.28. The van der Waals surface area contributed by atoms with Crippen molar-refractivity contribution in [2.45, 2.75) is 98.9 Å². The van der Waals surface area contributed by atoms with E-state index in [1.807, 2.05) is 45.9 Å². The number of carbonyl (C=O) groups is 3. The minimum Gasteiger partial charge on any atom is -0.444 e. The van der Waals surface area contributed by atoms with Crippen molar-refractivity contribution >= 4 is 17.9 Å². The van der Waals surface area contributed by atoms with Gasteiger partial charge >= 0.3 is 6.09 Å². The summed E-state index contributed by atoms with van der Waals surface area (Å²) in [5.41, 5.74) is 2.12. The molecule has 0 bridgehead atoms. The molecule has 0 fully saturated rings. The highest BCUT2D eigenvalue weighted by Gasteiger charge is 2.35. The Bertz CT molecular complexity index is 801. The number of nitrogens with zero attached hydrogens (tertiary/aromatic N) is 1. The third-order valence-corrected chi connectivity index (χ3v) is 5.12. The molecule has 0 spiro atoms. The van der Waals surface area contributed by atoms with Gasteiger partial charge in [0.05, 0.1) is 0 Å². The van der Waals surface area contributed by atoms with Gasteiger partial charge in [-0.1, -0.05) is 37.1 Å². The average Bonchev–Trinajstić information content (AvgIpc) is 2.64. The first-order chi connectivity index (χ1) is 14.8. The summed E-state index contributed by atoms with van der Waals surface area (Å²) in [6.45, 7) is 17.0. The van der Waals surface area contributed by atoms with E-state index in [2.05, 4.69) is 17.6 Å². The van der Waals surface area contributed by atoms with Gasteiger partial charge in [0.2, 0.25) is 11.8 Å². The van der Waals surface area contributed by atoms with E-state index in [1.165, 1.54) is 4.90 Å². The van der Waals surface area contributed by atoms with Gasteiger partial charge in [0, 0.05) is 12.6 Å². The molecule has 0 heterocycles. The number of nitrogens with one attached hydrogen (secondary N) is 2. The van der Waals surface area contributed by atoms with E-state index in [9.17, 15) is 14.4 Å². The van der Waals surface area contributed by atoms with Crippen LogP contribution in [0.15, 0.2) is 18.2 Å². The van der Waals surface area contributed by atoms with Crippen LogP contribution in [-0.2, 0) is 14.3 Å². The predicted molar refractivity (Wildman–Crippen MR) is 127 cm³/mol. The van der Waals surface area contributed by atoms with Crippen molar-refractivity contribution in [2.24, 2.45) is 0 Å². The summed E-state index contributed by atoms with van der Waals surface area (Å²) in [4.78, 5) is 40.5. The van der Waals surface area contributed by atoms with E-state index in [0.29, 0.717) is 6.54 Å². The van der Waals surface area contributed by atoms with Crippen LogP contribution in [0.25, 0.3) is 0 Å². The second-order valence-electron chi connectivity index (χ2n) is 9.45. The quantitative estimate of drug-likeness (QED) is 0.587. The van der Waals surface area contributed by atoms with Crippen LogP contribution in [0.1, 0.15) is 84.0 Å². The Labute approximate surface area is 193 Å². The highest BCUT2D eigenvalue weighted by atomic mass is 16.6. The molecule has 3 unspecified atom stereocenters. The van der Waals surface area contributed by atoms with Crippen LogP contribution in [0.5, 0.6) is 0 Å². The molecule has 0 aliphatic carbocycles. The lowest BCUT2D eigenvalue weighted by Gasteiger charge is -2.34. The molecular formula is C25H41N3O4. The standard InChI is InChI=1S/C25H41N3O4/c1-10-12-18(5)26-22(29)21(20-14-13-16(3)15-17(20)4)28(11-2)23(30)19(6)27-24(31)32-25(7,8)9/h13-15,18-19,21H,10-12H2,1-9H3,(H,26,29)(H,27,31). The number of aryl methyl sites for hydroxylation is 2. The van der Waals surface area contributed by atoms with Gasteiger partial charge in [-0.15, -0.1) is 0 Å². The van der Waals surface area contributed by atoms with Crippen molar-refractivity contribution in [3.63, 3.8) is 0 Å². The number of benzene rings is 1. The van der Waals surface area contributed by atoms with Crippen LogP contribution >= 0.6 is 0 Å². The number of ether oxygens (including phenoxy) is 1. The molecule has 0 aromatic heterocycles. The van der Waals surface area contributed by atoms with E-state index >= 15 is 0 Å². The molecule has 2 N–H and O–H groups in total. The fourth-order valence-electron chi connectivity index (χ4n) is 3.67. The molecular weight excluding hydrogens is 406 g/mol. The lowest BCUT2D eigenvalue weighted by atomic mass is 9.96. The normalized spacial score (nSPS) is 14.2. The first-order valence-corrected chi connectivity index (χ1v) is 11.5. The zero-order valence-corrected chi connectivity index (χ0v) is 21.2. The van der Waals surface area contributed by atoms with Crippen molar-refractivity contribution < 1.29 is 19.1 Å². The van der Waals surface area contributed by atoms with Crippen LogP contribution < -0.4 is 10.6 Å². The van der Waals surface area contributed by atoms with E-state index in [0.717, 1.165) is 29.5 Å². The van der Waals surface area contributed by atoms with Crippen molar-refractivity contribution in [1.82, 2.24) is 15.5 Å². The highest BCUT2D eigenvalue weighted by molar-refractivity contribution is 5.92. The number of hydrogen-bond acceptors (Lipinski definition) is 4. The van der Waals surface area contributed by atoms with E-state index in [1.54, 1.807) is 27.7 Å². The van der Waals surface area contributed by atoms with Crippen LogP contribution in [0, 0.1) is 13.8 Å². The van der Waals surface area contributed by atoms with Crippen LogP contribution in [0.4, 0.5) is 4.79 Å². The summed E-state index contributed by atoms with van der Waals surface area (Å²) >= 11 is 0. The van der Waals surface area contributed by atoms with E-state index in [-0.39, 0.29) is 17.9 Å². The van der Waals surface area contributed by atoms with Crippen molar-refractivity contribution in [2.75, 3.05) is 6.54 Å². The van der Waals surface area contributed by atoms with Crippen LogP contribution in [-0.4, -0.2) is 47.0 Å². The van der Waals surface area contributed by atoms with Crippen molar-refractivity contribution in [1.29, 1.82) is 0 Å². The molecule has 1 rings (SSSR count). The van der Waals surface area contributed by atoms with E-state index < -0.39 is 23.8 Å². The molecule has 3 atom stereocenters. The Morgan fingerprint density at radius 3 is 2.19 bits per heavy atom. The molecule has 1 aromatic carbocycles. The van der Waals surface area contributed by atoms with Crippen molar-refractivity contribution in [3.8, 4) is 0 Å². The number of rotatable bonds is 9. The zero-order chi connectivity index (χ0) is 24.6. The SMILES string of the molecule is CCCC(C)NC(=O)C(c1ccc(C)cc1C)N(CC)C(=O)C(C)NC(=O)OC(C)(C)C. The Balaban J connectivity index is 3.25. The monoisotopic (exact) mass is 447 g/mol. The first-order valence-electron chi connectivity index (χ1n) is 11.5. The third kappa shape index (κ3) is 8.17. The molecule has 7 nitrogen and oxygen atoms in total. The maximum Gasteiger partial charge on any atom is 0.408 e. The zero-order valence-electron chi connectivity index (χ0n) is 21.2. The topological polar surface area (TPSA) is 87.7 Å². The fraction of sp³-hybridized carbons (Fsp3) is 0.640. The Morgan fingerprint density at radius 2 is 1.69 bits per heavy atom. The molecule has 7 heteroatoms. The molecule has 0 saturated carbocycles. The fourth-order valence-corrected chi connectivity index (χ4v) is 3.67. The molecule has 3 amide bonds. The third-order valence-electron chi connectivity index (χ3n) is 5.12. The molecule has 180 valence electrons. The number of carbonyl (C=O) groups excluding carboxylic acids is 3. The molecule has 0 radical (unpaired) electrons. The number of likely N-dealkylation sites (N-methyl/N-ethyl adjacent to an activating group) is 1. The lowest BCUT2D eigenvalue weighted by molar-refractivity contribution is -0.142. The summed E-state index contributed by atoms with van der Waals surface area (Å²) in [6.07, 6.45) is 1.13. The Morgan fingerprint density at radius 1 is 1.06 bits per heavy atom. The minimum atomic E-state index is -0.848. The maximum absolute atomic E-state index is 13.4. The molecule has 0 aliphatic heterocycles. The van der Waals surface area contributed by atoms with Gasteiger partial charge < -0.3 is 20.3 Å². The van der Waals surface area contributed by atoms with Crippen LogP contribution in [0.2, 0.25) is 0 Å². The highest BCUT2D eigenvalue weighted by Crippen LogP contribution is 2.26. The van der Waals surface area contributed by atoms with E-state index in [4.69, 9.17) is 4.74 Å². The minimum absolute atomic E-state index is 0.00752. The average molecular weight is 448 g/mol. The molecule has 0 saturated heterocycles. The smallest absolute Gasteiger partial charge is 0.408 e. The van der Waals surface area contributed by atoms with Crippen molar-refractivity contribution in [3.05, 3.63) is 34.9 Å². The number of amides is 3. The maximum atomic E-state index is 13.4. The van der Waals surface area contributed by atoms with Gasteiger partial charge in [-0.05, 0) is 72.9 Å². The largest absolute Gasteiger partial charge is 0.444 e. The molecule has 32 heavy (non-hydrogen) atoms. The number of hydrogen-bond donors (Lipinski definition) is 2. The van der Waals surface area contributed by atoms with Gasteiger partial charge in [-0.3, -0.25) is 9.59 Å². The predicted octanol–water partition coefficient (Wildman–Crippen LogP) is 4.41. The summed E-state index contributed by atoms with van der Waals surface area (Å²) in [6, 6.07) is 4.20. The van der Waals surface area contributed by atoms with Gasteiger partial charge in [0.15, 0.2) is 0 Å². The summed E-state index contributed by atoms with van der Waals surface area (Å²) in [5, 5.41) is 5.65. The molecule has 0 aliphatic rings. The Kier molecular flexibility index (Phi) is 10.2. The first kappa shape index (κ1) is 27.5. The molecule has 1 aromatic rings. The van der Waals surface area contributed by atoms with Gasteiger partial charge in [0.25, 0.3) is 0 Å². The second kappa shape index (κ2) is 11.9. The number of alkyl carbamates (subject to hydrolysis) is 1. The van der Waals surface area contributed by atoms with Crippen LogP contribution in [0.3, 0.4) is 0 Å². The summed E-state index contributed by atoms with van der Waals surface area (Å²) in [5.74, 6) is -0.570. The van der Waals surface area contributed by atoms with Gasteiger partial charge in [0.1, 0.15) is 17.7 Å². The van der Waals surface area contributed by atoms with Gasteiger partial charge in [-0.2, -0.15) is 0 Å².